The number of amides is 1. The summed E-state index contributed by atoms with van der Waals surface area (Å²) < 4.78 is 1.39. The maximum absolute atomic E-state index is 12.5. The lowest BCUT2D eigenvalue weighted by Crippen LogP contribution is -2.30. The minimum Gasteiger partial charge on any atom is -0.311 e. The van der Waals surface area contributed by atoms with Crippen molar-refractivity contribution in [3.05, 3.63) is 68.8 Å². The lowest BCUT2D eigenvalue weighted by molar-refractivity contribution is -0.116. The molecule has 4 rings (SSSR count). The van der Waals surface area contributed by atoms with Crippen LogP contribution in [-0.2, 0) is 24.2 Å². The van der Waals surface area contributed by atoms with Crippen LogP contribution in [0.2, 0.25) is 0 Å². The van der Waals surface area contributed by atoms with Crippen molar-refractivity contribution in [2.45, 2.75) is 24.5 Å². The van der Waals surface area contributed by atoms with Gasteiger partial charge in [-0.25, -0.2) is 9.78 Å². The molecule has 1 aliphatic heterocycles. The minimum atomic E-state index is -0.460. The van der Waals surface area contributed by atoms with Crippen LogP contribution in [0.5, 0.6) is 0 Å². The molecule has 0 bridgehead atoms. The molecule has 9 nitrogen and oxygen atoms in total. The third kappa shape index (κ3) is 3.91. The molecule has 0 fully saturated rings. The summed E-state index contributed by atoms with van der Waals surface area (Å²) in [4.78, 5) is 43.7. The molecule has 10 heteroatoms. The third-order valence-electron chi connectivity index (χ3n) is 4.51. The second kappa shape index (κ2) is 7.85. The van der Waals surface area contributed by atoms with Crippen LogP contribution in [0.3, 0.4) is 0 Å². The Bertz CT molecular complexity index is 1120. The molecule has 0 saturated heterocycles. The quantitative estimate of drug-likeness (QED) is 0.587. The van der Waals surface area contributed by atoms with E-state index in [4.69, 9.17) is 0 Å². The van der Waals surface area contributed by atoms with Crippen LogP contribution < -0.4 is 16.1 Å². The maximum Gasteiger partial charge on any atom is 0.328 e. The first-order valence-electron chi connectivity index (χ1n) is 8.82. The molecule has 0 atom stereocenters. The molecule has 1 aromatic carbocycles. The molecular weight excluding hydrogens is 380 g/mol. The van der Waals surface area contributed by atoms with E-state index >= 15 is 0 Å². The molecule has 3 heterocycles. The highest BCUT2D eigenvalue weighted by Crippen LogP contribution is 2.28. The van der Waals surface area contributed by atoms with Gasteiger partial charge >= 0.3 is 5.69 Å². The van der Waals surface area contributed by atoms with Gasteiger partial charge in [0.15, 0.2) is 0 Å². The predicted molar refractivity (Wildman–Crippen MR) is 105 cm³/mol. The van der Waals surface area contributed by atoms with Crippen molar-refractivity contribution in [2.24, 2.45) is 0 Å². The highest BCUT2D eigenvalue weighted by Gasteiger charge is 2.24. The van der Waals surface area contributed by atoms with Gasteiger partial charge in [0.25, 0.3) is 5.56 Å². The lowest BCUT2D eigenvalue weighted by atomic mass is 10.2. The summed E-state index contributed by atoms with van der Waals surface area (Å²) in [6, 6.07) is 9.23. The van der Waals surface area contributed by atoms with Crippen molar-refractivity contribution in [2.75, 3.05) is 17.2 Å². The number of benzene rings is 1. The molecule has 144 valence electrons. The van der Waals surface area contributed by atoms with Crippen LogP contribution in [0.1, 0.15) is 11.4 Å². The topological polar surface area (TPSA) is 117 Å². The number of fused-ring (bicyclic) bond motifs is 1. The minimum absolute atomic E-state index is 0.0288. The molecule has 0 unspecified atom stereocenters. The first kappa shape index (κ1) is 18.2. The van der Waals surface area contributed by atoms with Crippen LogP contribution in [0, 0.1) is 0 Å². The number of anilines is 1. The van der Waals surface area contributed by atoms with E-state index in [1.54, 1.807) is 4.90 Å². The fourth-order valence-electron chi connectivity index (χ4n) is 3.10. The molecule has 2 aromatic heterocycles. The number of carbonyl (C=O) groups excluding carboxylic acids is 1. The van der Waals surface area contributed by atoms with Gasteiger partial charge in [0.1, 0.15) is 5.82 Å². The van der Waals surface area contributed by atoms with Gasteiger partial charge in [-0.15, -0.1) is 5.10 Å². The number of hydrogen-bond donors (Lipinski definition) is 2. The van der Waals surface area contributed by atoms with Crippen molar-refractivity contribution in [1.82, 2.24) is 24.7 Å². The maximum atomic E-state index is 12.5. The van der Waals surface area contributed by atoms with Crippen molar-refractivity contribution in [3.8, 4) is 0 Å². The third-order valence-corrected chi connectivity index (χ3v) is 5.34. The van der Waals surface area contributed by atoms with Gasteiger partial charge in [0, 0.05) is 37.5 Å². The van der Waals surface area contributed by atoms with Gasteiger partial charge in [-0.3, -0.25) is 19.7 Å². The molecule has 3 aromatic rings. The summed E-state index contributed by atoms with van der Waals surface area (Å²) in [6.45, 7) is 1.06. The van der Waals surface area contributed by atoms with Crippen molar-refractivity contribution in [3.63, 3.8) is 0 Å². The summed E-state index contributed by atoms with van der Waals surface area (Å²) >= 11 is 1.28. The number of aromatic amines is 2. The van der Waals surface area contributed by atoms with E-state index in [0.29, 0.717) is 30.5 Å². The van der Waals surface area contributed by atoms with E-state index in [9.17, 15) is 14.4 Å². The molecule has 0 radical (unpaired) electrons. The molecule has 0 spiro atoms. The van der Waals surface area contributed by atoms with Crippen molar-refractivity contribution in [1.29, 1.82) is 0 Å². The highest BCUT2D eigenvalue weighted by molar-refractivity contribution is 7.99. The van der Waals surface area contributed by atoms with E-state index in [1.165, 1.54) is 34.2 Å². The SMILES string of the molecule is O=C(CSc1n[nH]c(CCn2ccc(=O)[nH]c2=O)n1)N1CCc2ccccc21. The van der Waals surface area contributed by atoms with Gasteiger partial charge in [-0.2, -0.15) is 0 Å². The second-order valence-electron chi connectivity index (χ2n) is 6.33. The summed E-state index contributed by atoms with van der Waals surface area (Å²) in [5.74, 6) is 0.894. The number of nitrogens with zero attached hydrogens (tertiary/aromatic N) is 4. The van der Waals surface area contributed by atoms with E-state index in [2.05, 4.69) is 20.2 Å². The molecule has 2 N–H and O–H groups in total. The Morgan fingerprint density at radius 3 is 2.93 bits per heavy atom. The molecule has 0 saturated carbocycles. The van der Waals surface area contributed by atoms with Gasteiger partial charge < -0.3 is 9.47 Å². The number of aromatic nitrogens is 5. The van der Waals surface area contributed by atoms with Crippen molar-refractivity contribution >= 4 is 23.4 Å². The van der Waals surface area contributed by atoms with Gasteiger partial charge in [0.2, 0.25) is 11.1 Å². The Morgan fingerprint density at radius 2 is 2.07 bits per heavy atom. The standard InChI is InChI=1S/C18H18N6O3S/c25-15-7-9-23(18(27)20-15)8-6-14-19-17(22-21-14)28-11-16(26)24-10-5-12-3-1-2-4-13(12)24/h1-4,7,9H,5-6,8,10-11H2,(H,19,21,22)(H,20,25,27). The Morgan fingerprint density at radius 1 is 1.21 bits per heavy atom. The first-order chi connectivity index (χ1) is 13.6. The summed E-state index contributed by atoms with van der Waals surface area (Å²) in [7, 11) is 0. The zero-order valence-electron chi connectivity index (χ0n) is 14.9. The largest absolute Gasteiger partial charge is 0.328 e. The van der Waals surface area contributed by atoms with Crippen LogP contribution in [-0.4, -0.2) is 42.9 Å². The fourth-order valence-corrected chi connectivity index (χ4v) is 3.80. The van der Waals surface area contributed by atoms with Gasteiger partial charge in [-0.05, 0) is 18.1 Å². The van der Waals surface area contributed by atoms with Crippen molar-refractivity contribution < 1.29 is 4.79 Å². The normalized spacial score (nSPS) is 12.9. The fraction of sp³-hybridized carbons (Fsp3) is 0.278. The predicted octanol–water partition coefficient (Wildman–Crippen LogP) is 0.579. The van der Waals surface area contributed by atoms with Gasteiger partial charge in [0.05, 0.1) is 5.75 Å². The summed E-state index contributed by atoms with van der Waals surface area (Å²) in [6.07, 6.45) is 2.77. The molecular formula is C18H18N6O3S. The Labute approximate surface area is 163 Å². The van der Waals surface area contributed by atoms with E-state index < -0.39 is 11.2 Å². The van der Waals surface area contributed by atoms with Crippen LogP contribution in [0.25, 0.3) is 0 Å². The number of para-hydroxylation sites is 1. The molecule has 1 aliphatic rings. The lowest BCUT2D eigenvalue weighted by Gasteiger charge is -2.16. The van der Waals surface area contributed by atoms with E-state index in [-0.39, 0.29) is 11.7 Å². The Balaban J connectivity index is 1.32. The Hall–Kier alpha value is -3.14. The smallest absolute Gasteiger partial charge is 0.311 e. The molecule has 0 aliphatic carbocycles. The first-order valence-corrected chi connectivity index (χ1v) is 9.81. The number of H-pyrrole nitrogens is 2. The summed E-state index contributed by atoms with van der Waals surface area (Å²) in [5, 5.41) is 7.43. The average molecular weight is 398 g/mol. The van der Waals surface area contributed by atoms with E-state index in [0.717, 1.165) is 12.1 Å². The Kier molecular flexibility index (Phi) is 5.11. The molecule has 1 amide bonds. The van der Waals surface area contributed by atoms with Crippen LogP contribution in [0.4, 0.5) is 5.69 Å². The number of nitrogens with one attached hydrogen (secondary N) is 2. The summed E-state index contributed by atoms with van der Waals surface area (Å²) in [5.41, 5.74) is 1.29. The highest BCUT2D eigenvalue weighted by atomic mass is 32.2. The second-order valence-corrected chi connectivity index (χ2v) is 7.27. The van der Waals surface area contributed by atoms with Crippen LogP contribution >= 0.6 is 11.8 Å². The van der Waals surface area contributed by atoms with E-state index in [1.807, 2.05) is 24.3 Å². The zero-order valence-corrected chi connectivity index (χ0v) is 15.7. The zero-order chi connectivity index (χ0) is 19.5. The number of rotatable bonds is 6. The number of hydrogen-bond acceptors (Lipinski definition) is 6. The number of thioether (sulfide) groups is 1. The molecule has 28 heavy (non-hydrogen) atoms. The van der Waals surface area contributed by atoms with Gasteiger partial charge in [-0.1, -0.05) is 30.0 Å². The average Bonchev–Trinajstić information content (AvgIpc) is 3.32. The van der Waals surface area contributed by atoms with Crippen LogP contribution in [0.15, 0.2) is 51.3 Å². The number of carbonyl (C=O) groups is 1. The number of aryl methyl sites for hydroxylation is 2. The monoisotopic (exact) mass is 398 g/mol.